The summed E-state index contributed by atoms with van der Waals surface area (Å²) in [6.45, 7) is 12.1. The maximum absolute atomic E-state index is 11.9. The minimum absolute atomic E-state index is 0.0809. The number of carbonyl (C=O) groups is 2. The largest absolute Gasteiger partial charge is 0.444 e. The number of hydrogen-bond donors (Lipinski definition) is 0. The third-order valence-corrected chi connectivity index (χ3v) is 3.14. The van der Waals surface area contributed by atoms with Crippen molar-refractivity contribution in [2.24, 2.45) is 0 Å². The highest BCUT2D eigenvalue weighted by Gasteiger charge is 2.59. The quantitative estimate of drug-likeness (QED) is 0.640. The summed E-state index contributed by atoms with van der Waals surface area (Å²) in [4.78, 5) is 27.2. The lowest BCUT2D eigenvalue weighted by Gasteiger charge is -2.27. The molecule has 2 fully saturated rings. The number of likely N-dealkylation sites (tertiary alicyclic amines) is 1. The normalized spacial score (nSPS) is 25.3. The molecular formula is C14H24N2O4. The summed E-state index contributed by atoms with van der Waals surface area (Å²) in [5.41, 5.74) is -0.979. The van der Waals surface area contributed by atoms with Crippen LogP contribution < -0.4 is 0 Å². The first kappa shape index (κ1) is 14.9. The van der Waals surface area contributed by atoms with Gasteiger partial charge in [-0.15, -0.1) is 0 Å². The van der Waals surface area contributed by atoms with Crippen molar-refractivity contribution in [1.82, 2.24) is 9.80 Å². The van der Waals surface area contributed by atoms with Crippen molar-refractivity contribution in [3.05, 3.63) is 0 Å². The minimum atomic E-state index is -0.491. The second kappa shape index (κ2) is 4.53. The van der Waals surface area contributed by atoms with E-state index in [1.165, 1.54) is 0 Å². The number of piperazine rings is 1. The molecule has 2 unspecified atom stereocenters. The fourth-order valence-corrected chi connectivity index (χ4v) is 2.34. The van der Waals surface area contributed by atoms with Gasteiger partial charge in [0.1, 0.15) is 11.2 Å². The van der Waals surface area contributed by atoms with Crippen LogP contribution in [0.3, 0.4) is 0 Å². The Labute approximate surface area is 120 Å². The van der Waals surface area contributed by atoms with Gasteiger partial charge in [-0.3, -0.25) is 4.90 Å². The van der Waals surface area contributed by atoms with E-state index >= 15 is 0 Å². The summed E-state index contributed by atoms with van der Waals surface area (Å²) in [7, 11) is 0. The average Bonchev–Trinajstić information content (AvgIpc) is 2.69. The van der Waals surface area contributed by atoms with Crippen molar-refractivity contribution in [3.8, 4) is 0 Å². The lowest BCUT2D eigenvalue weighted by Crippen LogP contribution is -2.40. The highest BCUT2D eigenvalue weighted by Crippen LogP contribution is 2.37. The van der Waals surface area contributed by atoms with Gasteiger partial charge in [-0.25, -0.2) is 9.59 Å². The first-order chi connectivity index (χ1) is 8.98. The molecule has 2 amide bonds. The lowest BCUT2D eigenvalue weighted by molar-refractivity contribution is 0.0196. The summed E-state index contributed by atoms with van der Waals surface area (Å²) in [6.07, 6.45) is -0.606. The Bertz CT molecular complexity index is 384. The van der Waals surface area contributed by atoms with Crippen LogP contribution in [0.5, 0.6) is 0 Å². The van der Waals surface area contributed by atoms with Crippen molar-refractivity contribution in [2.75, 3.05) is 13.1 Å². The summed E-state index contributed by atoms with van der Waals surface area (Å²) < 4.78 is 10.6. The maximum Gasteiger partial charge on any atom is 0.411 e. The molecule has 2 aliphatic heterocycles. The number of rotatable bonds is 0. The molecule has 0 N–H and O–H groups in total. The highest BCUT2D eigenvalue weighted by molar-refractivity contribution is 5.75. The molecule has 2 atom stereocenters. The molecule has 6 nitrogen and oxygen atoms in total. The van der Waals surface area contributed by atoms with Crippen LogP contribution in [0, 0.1) is 0 Å². The first-order valence-electron chi connectivity index (χ1n) is 6.97. The van der Waals surface area contributed by atoms with E-state index in [1.807, 2.05) is 41.5 Å². The Balaban J connectivity index is 1.82. The van der Waals surface area contributed by atoms with E-state index in [2.05, 4.69) is 0 Å². The van der Waals surface area contributed by atoms with Crippen LogP contribution in [0.2, 0.25) is 0 Å². The van der Waals surface area contributed by atoms with Gasteiger partial charge in [0, 0.05) is 13.1 Å². The van der Waals surface area contributed by atoms with Crippen LogP contribution >= 0.6 is 0 Å². The Hall–Kier alpha value is -1.46. The molecule has 114 valence electrons. The van der Waals surface area contributed by atoms with Gasteiger partial charge in [0.15, 0.2) is 0 Å². The number of amides is 2. The molecule has 0 aromatic carbocycles. The number of ether oxygens (including phenoxy) is 2. The van der Waals surface area contributed by atoms with Crippen LogP contribution in [0.4, 0.5) is 9.59 Å². The summed E-state index contributed by atoms with van der Waals surface area (Å²) >= 11 is 0. The lowest BCUT2D eigenvalue weighted by atomic mass is 10.2. The van der Waals surface area contributed by atoms with E-state index in [9.17, 15) is 9.59 Å². The summed E-state index contributed by atoms with van der Waals surface area (Å²) in [5, 5.41) is 0. The Morgan fingerprint density at radius 2 is 1.25 bits per heavy atom. The highest BCUT2D eigenvalue weighted by atomic mass is 16.6. The fraction of sp³-hybridized carbons (Fsp3) is 0.857. The molecule has 0 saturated carbocycles. The van der Waals surface area contributed by atoms with Crippen LogP contribution in [0.1, 0.15) is 41.5 Å². The van der Waals surface area contributed by atoms with Gasteiger partial charge in [-0.05, 0) is 41.5 Å². The van der Waals surface area contributed by atoms with Gasteiger partial charge in [-0.2, -0.15) is 0 Å². The van der Waals surface area contributed by atoms with Gasteiger partial charge in [-0.1, -0.05) is 0 Å². The van der Waals surface area contributed by atoms with E-state index in [0.717, 1.165) is 0 Å². The van der Waals surface area contributed by atoms with E-state index in [4.69, 9.17) is 9.47 Å². The third-order valence-electron chi connectivity index (χ3n) is 3.14. The molecule has 0 bridgehead atoms. The SMILES string of the molecule is CC(C)(C)OC(=O)N1CC2C(C1)N2C(=O)OC(C)(C)C. The van der Waals surface area contributed by atoms with E-state index < -0.39 is 11.2 Å². The van der Waals surface area contributed by atoms with Crippen LogP contribution in [0.25, 0.3) is 0 Å². The fourth-order valence-electron chi connectivity index (χ4n) is 2.34. The second-order valence-electron chi connectivity index (χ2n) is 7.41. The molecule has 0 aliphatic carbocycles. The molecule has 0 aromatic rings. The van der Waals surface area contributed by atoms with Gasteiger partial charge in [0.05, 0.1) is 12.1 Å². The van der Waals surface area contributed by atoms with Gasteiger partial charge >= 0.3 is 12.2 Å². The number of carbonyl (C=O) groups excluding carboxylic acids is 2. The van der Waals surface area contributed by atoms with Crippen LogP contribution in [-0.2, 0) is 9.47 Å². The smallest absolute Gasteiger partial charge is 0.411 e. The Kier molecular flexibility index (Phi) is 3.38. The standard InChI is InChI=1S/C14H24N2O4/c1-13(2,3)19-11(17)15-7-9-10(8-15)16(9)12(18)20-14(4,5)6/h9-10H,7-8H2,1-6H3. The molecule has 2 heterocycles. The van der Waals surface area contributed by atoms with Crippen molar-refractivity contribution < 1.29 is 19.1 Å². The molecule has 2 aliphatic rings. The number of nitrogens with zero attached hydrogens (tertiary/aromatic N) is 2. The second-order valence-corrected chi connectivity index (χ2v) is 7.41. The van der Waals surface area contributed by atoms with Gasteiger partial charge in [0.2, 0.25) is 0 Å². The molecule has 2 rings (SSSR count). The van der Waals surface area contributed by atoms with E-state index in [-0.39, 0.29) is 24.3 Å². The van der Waals surface area contributed by atoms with Crippen molar-refractivity contribution in [3.63, 3.8) is 0 Å². The van der Waals surface area contributed by atoms with E-state index in [0.29, 0.717) is 13.1 Å². The average molecular weight is 284 g/mol. The molecule has 6 heteroatoms. The zero-order chi connectivity index (χ0) is 15.3. The molecular weight excluding hydrogens is 260 g/mol. The molecule has 0 aromatic heterocycles. The molecule has 2 saturated heterocycles. The monoisotopic (exact) mass is 284 g/mol. The zero-order valence-corrected chi connectivity index (χ0v) is 13.1. The van der Waals surface area contributed by atoms with Gasteiger partial charge < -0.3 is 14.4 Å². The van der Waals surface area contributed by atoms with Crippen LogP contribution in [0.15, 0.2) is 0 Å². The molecule has 20 heavy (non-hydrogen) atoms. The summed E-state index contributed by atoms with van der Waals surface area (Å²) in [6, 6.07) is 0.162. The molecule has 0 radical (unpaired) electrons. The van der Waals surface area contributed by atoms with Gasteiger partial charge in [0.25, 0.3) is 0 Å². The minimum Gasteiger partial charge on any atom is -0.444 e. The van der Waals surface area contributed by atoms with Crippen molar-refractivity contribution >= 4 is 12.2 Å². The Morgan fingerprint density at radius 1 is 0.850 bits per heavy atom. The topological polar surface area (TPSA) is 58.8 Å². The van der Waals surface area contributed by atoms with Crippen LogP contribution in [-0.4, -0.2) is 58.4 Å². The van der Waals surface area contributed by atoms with Crippen molar-refractivity contribution in [1.29, 1.82) is 0 Å². The predicted molar refractivity (Wildman–Crippen MR) is 73.5 cm³/mol. The van der Waals surface area contributed by atoms with E-state index in [1.54, 1.807) is 9.80 Å². The predicted octanol–water partition coefficient (Wildman–Crippen LogP) is 2.22. The Morgan fingerprint density at radius 3 is 1.65 bits per heavy atom. The van der Waals surface area contributed by atoms with Crippen molar-refractivity contribution in [2.45, 2.75) is 64.8 Å². The summed E-state index contributed by atoms with van der Waals surface area (Å²) in [5.74, 6) is 0. The first-order valence-corrected chi connectivity index (χ1v) is 6.97. The molecule has 0 spiro atoms. The maximum atomic E-state index is 11.9. The third kappa shape index (κ3) is 3.35. The zero-order valence-electron chi connectivity index (χ0n) is 13.1. The number of hydrogen-bond acceptors (Lipinski definition) is 4. The number of fused-ring (bicyclic) bond motifs is 1.